The quantitative estimate of drug-likeness (QED) is 0.682. The van der Waals surface area contributed by atoms with Gasteiger partial charge in [0, 0.05) is 24.5 Å². The van der Waals surface area contributed by atoms with E-state index in [2.05, 4.69) is 33.9 Å². The Morgan fingerprint density at radius 1 is 1.36 bits per heavy atom. The summed E-state index contributed by atoms with van der Waals surface area (Å²) < 4.78 is 33.7. The van der Waals surface area contributed by atoms with E-state index < -0.39 is 26.2 Å². The second kappa shape index (κ2) is 7.33. The lowest BCUT2D eigenvalue weighted by Crippen LogP contribution is -2.53. The maximum atomic E-state index is 14.3. The molecule has 1 aliphatic rings. The van der Waals surface area contributed by atoms with Crippen LogP contribution in [0.15, 0.2) is 18.2 Å². The summed E-state index contributed by atoms with van der Waals surface area (Å²) in [6, 6.07) is 4.00. The van der Waals surface area contributed by atoms with Crippen LogP contribution in [-0.2, 0) is 15.8 Å². The number of hydrogen-bond acceptors (Lipinski definition) is 2. The van der Waals surface area contributed by atoms with Crippen molar-refractivity contribution >= 4 is 25.8 Å². The van der Waals surface area contributed by atoms with Crippen LogP contribution in [-0.4, -0.2) is 37.9 Å². The molecule has 1 amide bonds. The minimum absolute atomic E-state index is 0.00532. The second-order valence-corrected chi connectivity index (χ2v) is 13.3. The third-order valence-corrected chi connectivity index (χ3v) is 10.0. The van der Waals surface area contributed by atoms with E-state index in [0.29, 0.717) is 12.1 Å². The van der Waals surface area contributed by atoms with Gasteiger partial charge in [-0.3, -0.25) is 4.79 Å². The van der Waals surface area contributed by atoms with E-state index in [-0.39, 0.29) is 29.1 Å². The van der Waals surface area contributed by atoms with E-state index >= 15 is 0 Å². The Morgan fingerprint density at radius 3 is 2.56 bits per heavy atom. The SMILES string of the molecule is CC(C)(C)[Si](C)(C)OC1CC(F)C(=O)N(Cc2ccc(F)cc2Cl)C1. The number of carbonyl (C=O) groups is 1. The molecule has 7 heteroatoms. The highest BCUT2D eigenvalue weighted by atomic mass is 35.5. The first-order valence-electron chi connectivity index (χ1n) is 8.45. The highest BCUT2D eigenvalue weighted by Crippen LogP contribution is 2.38. The van der Waals surface area contributed by atoms with Crippen molar-refractivity contribution in [2.24, 2.45) is 0 Å². The van der Waals surface area contributed by atoms with E-state index in [0.717, 1.165) is 0 Å². The molecule has 0 bridgehead atoms. The molecule has 25 heavy (non-hydrogen) atoms. The summed E-state index contributed by atoms with van der Waals surface area (Å²) >= 11 is 6.04. The fourth-order valence-electron chi connectivity index (χ4n) is 2.62. The van der Waals surface area contributed by atoms with Gasteiger partial charge in [0.05, 0.1) is 6.10 Å². The first-order chi connectivity index (χ1) is 11.4. The molecule has 1 heterocycles. The largest absolute Gasteiger partial charge is 0.412 e. The number of benzene rings is 1. The van der Waals surface area contributed by atoms with Gasteiger partial charge in [0.1, 0.15) is 5.82 Å². The van der Waals surface area contributed by atoms with Crippen molar-refractivity contribution in [3.63, 3.8) is 0 Å². The standard InChI is InChI=1S/C18H26ClF2NO2Si/c1-18(2,3)25(4,5)24-14-9-16(21)17(23)22(11-14)10-12-6-7-13(20)8-15(12)19/h6-8,14,16H,9-11H2,1-5H3. The molecule has 0 spiro atoms. The predicted octanol–water partition coefficient (Wildman–Crippen LogP) is 4.94. The Balaban J connectivity index is 2.14. The van der Waals surface area contributed by atoms with Crippen LogP contribution in [0.4, 0.5) is 8.78 Å². The number of halogens is 3. The van der Waals surface area contributed by atoms with E-state index in [9.17, 15) is 13.6 Å². The first kappa shape index (κ1) is 20.3. The maximum Gasteiger partial charge on any atom is 0.257 e. The summed E-state index contributed by atoms with van der Waals surface area (Å²) in [7, 11) is -2.06. The van der Waals surface area contributed by atoms with Gasteiger partial charge in [-0.15, -0.1) is 0 Å². The Hall–Kier alpha value is -0.983. The molecule has 0 radical (unpaired) electrons. The van der Waals surface area contributed by atoms with Crippen LogP contribution in [0.5, 0.6) is 0 Å². The molecule has 2 atom stereocenters. The van der Waals surface area contributed by atoms with Crippen LogP contribution in [0.25, 0.3) is 0 Å². The number of carbonyl (C=O) groups excluding carboxylic acids is 1. The van der Waals surface area contributed by atoms with Gasteiger partial charge in [0.25, 0.3) is 5.91 Å². The lowest BCUT2D eigenvalue weighted by molar-refractivity contribution is -0.144. The molecule has 0 aromatic heterocycles. The summed E-state index contributed by atoms with van der Waals surface area (Å²) in [5.41, 5.74) is 0.594. The minimum atomic E-state index is -2.06. The van der Waals surface area contributed by atoms with Crippen molar-refractivity contribution in [2.75, 3.05) is 6.54 Å². The normalized spacial score (nSPS) is 22.4. The average Bonchev–Trinajstić information content (AvgIpc) is 2.45. The van der Waals surface area contributed by atoms with Crippen molar-refractivity contribution in [3.8, 4) is 0 Å². The first-order valence-corrected chi connectivity index (χ1v) is 11.7. The zero-order valence-corrected chi connectivity index (χ0v) is 17.2. The van der Waals surface area contributed by atoms with Crippen LogP contribution >= 0.6 is 11.6 Å². The van der Waals surface area contributed by atoms with Crippen LogP contribution in [0.3, 0.4) is 0 Å². The van der Waals surface area contributed by atoms with Crippen LogP contribution in [0, 0.1) is 5.82 Å². The van der Waals surface area contributed by atoms with Gasteiger partial charge in [-0.1, -0.05) is 38.4 Å². The lowest BCUT2D eigenvalue weighted by atomic mass is 10.0. The summed E-state index contributed by atoms with van der Waals surface area (Å²) in [5.74, 6) is -1.00. The molecule has 1 aromatic carbocycles. The molecule has 0 saturated carbocycles. The Kier molecular flexibility index (Phi) is 5.96. The Morgan fingerprint density at radius 2 is 2.00 bits per heavy atom. The van der Waals surface area contributed by atoms with Gasteiger partial charge in [-0.25, -0.2) is 8.78 Å². The summed E-state index contributed by atoms with van der Waals surface area (Å²) in [5, 5.41) is 0.237. The molecule has 1 saturated heterocycles. The molecule has 1 aliphatic heterocycles. The van der Waals surface area contributed by atoms with Gasteiger partial charge in [0.2, 0.25) is 0 Å². The fraction of sp³-hybridized carbons (Fsp3) is 0.611. The predicted molar refractivity (Wildman–Crippen MR) is 98.4 cm³/mol. The topological polar surface area (TPSA) is 29.5 Å². The number of nitrogens with zero attached hydrogens (tertiary/aromatic N) is 1. The Labute approximate surface area is 154 Å². The Bertz CT molecular complexity index is 648. The minimum Gasteiger partial charge on any atom is -0.412 e. The van der Waals surface area contributed by atoms with Crippen molar-refractivity contribution in [1.29, 1.82) is 0 Å². The van der Waals surface area contributed by atoms with Gasteiger partial charge in [-0.05, 0) is 35.8 Å². The highest BCUT2D eigenvalue weighted by Gasteiger charge is 2.43. The molecule has 2 unspecified atom stereocenters. The second-order valence-electron chi connectivity index (χ2n) is 8.16. The highest BCUT2D eigenvalue weighted by molar-refractivity contribution is 6.74. The third kappa shape index (κ3) is 4.80. The van der Waals surface area contributed by atoms with Gasteiger partial charge < -0.3 is 9.33 Å². The smallest absolute Gasteiger partial charge is 0.257 e. The van der Waals surface area contributed by atoms with Crippen molar-refractivity contribution in [3.05, 3.63) is 34.6 Å². The van der Waals surface area contributed by atoms with Crippen molar-refractivity contribution < 1.29 is 18.0 Å². The zero-order chi connectivity index (χ0) is 19.0. The number of hydrogen-bond donors (Lipinski definition) is 0. The molecular weight excluding hydrogens is 364 g/mol. The van der Waals surface area contributed by atoms with Gasteiger partial charge >= 0.3 is 0 Å². The molecule has 1 fully saturated rings. The molecule has 0 N–H and O–H groups in total. The molecule has 2 rings (SSSR count). The zero-order valence-electron chi connectivity index (χ0n) is 15.4. The number of piperidine rings is 1. The molecule has 3 nitrogen and oxygen atoms in total. The van der Waals surface area contributed by atoms with Gasteiger partial charge in [-0.2, -0.15) is 0 Å². The summed E-state index contributed by atoms with van der Waals surface area (Å²) in [4.78, 5) is 13.6. The van der Waals surface area contributed by atoms with E-state index in [1.165, 1.54) is 23.1 Å². The third-order valence-electron chi connectivity index (χ3n) is 5.12. The number of alkyl halides is 1. The molecule has 0 aliphatic carbocycles. The maximum absolute atomic E-state index is 14.3. The van der Waals surface area contributed by atoms with Gasteiger partial charge in [0.15, 0.2) is 14.5 Å². The van der Waals surface area contributed by atoms with E-state index in [4.69, 9.17) is 16.0 Å². The van der Waals surface area contributed by atoms with Crippen LogP contribution in [0.1, 0.15) is 32.8 Å². The fourth-order valence-corrected chi connectivity index (χ4v) is 4.20. The van der Waals surface area contributed by atoms with Crippen molar-refractivity contribution in [2.45, 2.75) is 64.1 Å². The van der Waals surface area contributed by atoms with Crippen LogP contribution < -0.4 is 0 Å². The average molecular weight is 390 g/mol. The van der Waals surface area contributed by atoms with E-state index in [1.807, 2.05) is 0 Å². The number of rotatable bonds is 4. The van der Waals surface area contributed by atoms with Crippen molar-refractivity contribution in [1.82, 2.24) is 4.90 Å². The van der Waals surface area contributed by atoms with Crippen LogP contribution in [0.2, 0.25) is 23.2 Å². The number of likely N-dealkylation sites (tertiary alicyclic amines) is 1. The lowest BCUT2D eigenvalue weighted by Gasteiger charge is -2.43. The monoisotopic (exact) mass is 389 g/mol. The molecule has 1 aromatic rings. The number of amides is 1. The molecular formula is C18H26ClF2NO2Si. The van der Waals surface area contributed by atoms with E-state index in [1.54, 1.807) is 0 Å². The summed E-state index contributed by atoms with van der Waals surface area (Å²) in [6.07, 6.45) is -1.84. The molecule has 140 valence electrons. The summed E-state index contributed by atoms with van der Waals surface area (Å²) in [6.45, 7) is 11.0.